The molecule has 0 spiro atoms. The Morgan fingerprint density at radius 2 is 2.07 bits per heavy atom. The number of fused-ring (bicyclic) bond motifs is 1. The van der Waals surface area contributed by atoms with Crippen LogP contribution < -0.4 is 14.8 Å². The molecule has 1 N–H and O–H groups in total. The van der Waals surface area contributed by atoms with Crippen molar-refractivity contribution in [3.8, 4) is 11.5 Å². The largest absolute Gasteiger partial charge is 0.497 e. The molecular formula is C21H21BrN2O3. The Kier molecular flexibility index (Phi) is 5.45. The minimum atomic E-state index is 0.453. The maximum absolute atomic E-state index is 6.00. The molecule has 2 aromatic carbocycles. The van der Waals surface area contributed by atoms with Crippen LogP contribution in [0.3, 0.4) is 0 Å². The number of hydrogen-bond acceptors (Lipinski definition) is 5. The van der Waals surface area contributed by atoms with Crippen LogP contribution in [0, 0.1) is 5.92 Å². The fourth-order valence-electron chi connectivity index (χ4n) is 3.16. The highest BCUT2D eigenvalue weighted by Crippen LogP contribution is 2.32. The minimum absolute atomic E-state index is 0.453. The molecule has 5 nitrogen and oxygen atoms in total. The minimum Gasteiger partial charge on any atom is -0.497 e. The highest BCUT2D eigenvalue weighted by molar-refractivity contribution is 9.10. The van der Waals surface area contributed by atoms with Crippen molar-refractivity contribution in [1.82, 2.24) is 4.98 Å². The molecular weight excluding hydrogens is 408 g/mol. The van der Waals surface area contributed by atoms with E-state index >= 15 is 0 Å². The van der Waals surface area contributed by atoms with Gasteiger partial charge in [-0.2, -0.15) is 0 Å². The fraction of sp³-hybridized carbons (Fsp3) is 0.286. The van der Waals surface area contributed by atoms with Gasteiger partial charge in [-0.15, -0.1) is 0 Å². The smallest absolute Gasteiger partial charge is 0.125 e. The molecule has 1 unspecified atom stereocenters. The van der Waals surface area contributed by atoms with Gasteiger partial charge in [0.1, 0.15) is 11.5 Å². The van der Waals surface area contributed by atoms with E-state index in [1.54, 1.807) is 13.3 Å². The average molecular weight is 429 g/mol. The first-order valence-corrected chi connectivity index (χ1v) is 9.71. The maximum Gasteiger partial charge on any atom is 0.125 e. The van der Waals surface area contributed by atoms with Crippen LogP contribution in [-0.2, 0) is 4.74 Å². The molecule has 0 radical (unpaired) electrons. The first-order chi connectivity index (χ1) is 13.2. The zero-order valence-electron chi connectivity index (χ0n) is 15.1. The fourth-order valence-corrected chi connectivity index (χ4v) is 3.52. The number of aromatic nitrogens is 1. The van der Waals surface area contributed by atoms with Crippen LogP contribution in [-0.4, -0.2) is 31.9 Å². The molecule has 27 heavy (non-hydrogen) atoms. The maximum atomic E-state index is 6.00. The van der Waals surface area contributed by atoms with Crippen LogP contribution in [0.2, 0.25) is 0 Å². The first kappa shape index (κ1) is 18.1. The summed E-state index contributed by atoms with van der Waals surface area (Å²) in [5.41, 5.74) is 2.81. The zero-order chi connectivity index (χ0) is 18.6. The van der Waals surface area contributed by atoms with E-state index in [0.29, 0.717) is 12.5 Å². The third kappa shape index (κ3) is 4.34. The quantitative estimate of drug-likeness (QED) is 0.587. The van der Waals surface area contributed by atoms with E-state index < -0.39 is 0 Å². The van der Waals surface area contributed by atoms with Crippen molar-refractivity contribution in [3.63, 3.8) is 0 Å². The van der Waals surface area contributed by atoms with Crippen LogP contribution in [0.25, 0.3) is 10.9 Å². The van der Waals surface area contributed by atoms with Crippen LogP contribution >= 0.6 is 15.9 Å². The third-order valence-electron chi connectivity index (χ3n) is 4.61. The Labute approximate surface area is 166 Å². The summed E-state index contributed by atoms with van der Waals surface area (Å²) < 4.78 is 17.9. The molecule has 0 aliphatic carbocycles. The zero-order valence-corrected chi connectivity index (χ0v) is 16.7. The topological polar surface area (TPSA) is 52.6 Å². The summed E-state index contributed by atoms with van der Waals surface area (Å²) in [5.74, 6) is 1.98. The molecule has 1 aliphatic rings. The van der Waals surface area contributed by atoms with Crippen molar-refractivity contribution in [2.75, 3.05) is 32.2 Å². The number of methoxy groups -OCH3 is 1. The molecule has 0 bridgehead atoms. The van der Waals surface area contributed by atoms with E-state index in [9.17, 15) is 0 Å². The summed E-state index contributed by atoms with van der Waals surface area (Å²) in [7, 11) is 1.66. The predicted molar refractivity (Wildman–Crippen MR) is 110 cm³/mol. The SMILES string of the molecule is COc1cc(Nc2ccnc3ccc(Br)cc23)cc(OCC2CCOC2)c1. The van der Waals surface area contributed by atoms with Crippen LogP contribution in [0.4, 0.5) is 11.4 Å². The number of anilines is 2. The molecule has 4 rings (SSSR count). The van der Waals surface area contributed by atoms with Gasteiger partial charge < -0.3 is 19.5 Å². The molecule has 1 aliphatic heterocycles. The lowest BCUT2D eigenvalue weighted by atomic mass is 10.1. The molecule has 1 aromatic heterocycles. The molecule has 3 aromatic rings. The highest BCUT2D eigenvalue weighted by Gasteiger charge is 2.16. The van der Waals surface area contributed by atoms with Crippen LogP contribution in [0.5, 0.6) is 11.5 Å². The molecule has 0 amide bonds. The van der Waals surface area contributed by atoms with Gasteiger partial charge in [-0.25, -0.2) is 0 Å². The number of ether oxygens (including phenoxy) is 3. The summed E-state index contributed by atoms with van der Waals surface area (Å²) in [5, 5.41) is 4.51. The molecule has 2 heterocycles. The molecule has 1 atom stereocenters. The average Bonchev–Trinajstić information content (AvgIpc) is 3.20. The van der Waals surface area contributed by atoms with Crippen molar-refractivity contribution in [2.24, 2.45) is 5.92 Å². The number of hydrogen-bond donors (Lipinski definition) is 1. The van der Waals surface area contributed by atoms with Gasteiger partial charge in [0.25, 0.3) is 0 Å². The van der Waals surface area contributed by atoms with Crippen molar-refractivity contribution in [3.05, 3.63) is 53.1 Å². The van der Waals surface area contributed by atoms with Crippen molar-refractivity contribution in [1.29, 1.82) is 0 Å². The molecule has 0 saturated carbocycles. The Hall–Kier alpha value is -2.31. The Bertz CT molecular complexity index is 942. The van der Waals surface area contributed by atoms with Crippen molar-refractivity contribution < 1.29 is 14.2 Å². The summed E-state index contributed by atoms with van der Waals surface area (Å²) in [4.78, 5) is 4.43. The van der Waals surface area contributed by atoms with Crippen LogP contribution in [0.1, 0.15) is 6.42 Å². The van der Waals surface area contributed by atoms with Gasteiger partial charge in [-0.1, -0.05) is 15.9 Å². The van der Waals surface area contributed by atoms with Gasteiger partial charge >= 0.3 is 0 Å². The monoisotopic (exact) mass is 428 g/mol. The van der Waals surface area contributed by atoms with Gasteiger partial charge in [0.2, 0.25) is 0 Å². The van der Waals surface area contributed by atoms with E-state index in [1.165, 1.54) is 0 Å². The first-order valence-electron chi connectivity index (χ1n) is 8.92. The van der Waals surface area contributed by atoms with Gasteiger partial charge in [0, 0.05) is 58.2 Å². The van der Waals surface area contributed by atoms with E-state index in [1.807, 2.05) is 36.4 Å². The standard InChI is InChI=1S/C21H21BrN2O3/c1-25-17-9-16(10-18(11-17)27-13-14-5-7-26-12-14)24-21-4-6-23-20-3-2-15(22)8-19(20)21/h2-4,6,8-11,14H,5,7,12-13H2,1H3,(H,23,24). The predicted octanol–water partition coefficient (Wildman–Crippen LogP) is 5.16. The molecule has 6 heteroatoms. The van der Waals surface area contributed by atoms with Crippen molar-refractivity contribution in [2.45, 2.75) is 6.42 Å². The van der Waals surface area contributed by atoms with Crippen molar-refractivity contribution >= 4 is 38.2 Å². The molecule has 140 valence electrons. The van der Waals surface area contributed by atoms with Gasteiger partial charge in [0.05, 0.1) is 25.8 Å². The van der Waals surface area contributed by atoms with E-state index in [0.717, 1.165) is 57.9 Å². The van der Waals surface area contributed by atoms with Gasteiger partial charge in [-0.3, -0.25) is 4.98 Å². The van der Waals surface area contributed by atoms with Gasteiger partial charge in [-0.05, 0) is 30.7 Å². The summed E-state index contributed by atoms with van der Waals surface area (Å²) in [6.45, 7) is 2.24. The molecule has 1 fully saturated rings. The number of nitrogens with zero attached hydrogens (tertiary/aromatic N) is 1. The Balaban J connectivity index is 1.59. The second-order valence-corrected chi connectivity index (χ2v) is 7.50. The number of nitrogens with one attached hydrogen (secondary N) is 1. The lowest BCUT2D eigenvalue weighted by molar-refractivity contribution is 0.167. The lowest BCUT2D eigenvalue weighted by Gasteiger charge is -2.15. The van der Waals surface area contributed by atoms with E-state index in [4.69, 9.17) is 14.2 Å². The number of pyridine rings is 1. The van der Waals surface area contributed by atoms with E-state index in [-0.39, 0.29) is 0 Å². The highest BCUT2D eigenvalue weighted by atomic mass is 79.9. The summed E-state index contributed by atoms with van der Waals surface area (Å²) >= 11 is 3.53. The number of halogens is 1. The number of benzene rings is 2. The third-order valence-corrected chi connectivity index (χ3v) is 5.10. The Morgan fingerprint density at radius 3 is 2.89 bits per heavy atom. The van der Waals surface area contributed by atoms with Gasteiger partial charge in [0.15, 0.2) is 0 Å². The Morgan fingerprint density at radius 1 is 1.19 bits per heavy atom. The summed E-state index contributed by atoms with van der Waals surface area (Å²) in [6.07, 6.45) is 2.85. The second kappa shape index (κ2) is 8.15. The second-order valence-electron chi connectivity index (χ2n) is 6.58. The normalized spacial score (nSPS) is 16.4. The van der Waals surface area contributed by atoms with E-state index in [2.05, 4.69) is 32.3 Å². The molecule has 1 saturated heterocycles. The summed E-state index contributed by atoms with van der Waals surface area (Å²) in [6, 6.07) is 13.9. The lowest BCUT2D eigenvalue weighted by Crippen LogP contribution is -2.11. The number of rotatable bonds is 6. The van der Waals surface area contributed by atoms with Crippen LogP contribution in [0.15, 0.2) is 53.1 Å².